The van der Waals surface area contributed by atoms with Gasteiger partial charge < -0.3 is 25.9 Å². The maximum Gasteiger partial charge on any atom is 0.343 e. The van der Waals surface area contributed by atoms with Gasteiger partial charge in [0.05, 0.1) is 10.9 Å². The predicted molar refractivity (Wildman–Crippen MR) is 138 cm³/mol. The predicted octanol–water partition coefficient (Wildman–Crippen LogP) is 3.56. The maximum atomic E-state index is 13.0. The highest BCUT2D eigenvalue weighted by Gasteiger charge is 2.26. The second kappa shape index (κ2) is 11.7. The number of rotatable bonds is 8. The third kappa shape index (κ3) is 5.95. The second-order valence-electron chi connectivity index (χ2n) is 8.31. The Hall–Kier alpha value is -3.36. The van der Waals surface area contributed by atoms with E-state index in [2.05, 4.69) is 15.1 Å². The number of hydrogen-bond acceptors (Lipinski definition) is 6. The van der Waals surface area contributed by atoms with Crippen LogP contribution in [0.2, 0.25) is 0 Å². The molecule has 0 amide bonds. The van der Waals surface area contributed by atoms with Crippen LogP contribution < -0.4 is 17.1 Å². The third-order valence-corrected chi connectivity index (χ3v) is 6.03. The van der Waals surface area contributed by atoms with Gasteiger partial charge in [-0.1, -0.05) is 42.5 Å². The van der Waals surface area contributed by atoms with Crippen molar-refractivity contribution in [2.24, 2.45) is 21.7 Å². The monoisotopic (exact) mass is 483 g/mol. The lowest BCUT2D eigenvalue weighted by Crippen LogP contribution is -2.25. The molecular formula is C25H30ClN5O3. The zero-order valence-electron chi connectivity index (χ0n) is 18.9. The molecule has 34 heavy (non-hydrogen) atoms. The fraction of sp³-hybridized carbons (Fsp3) is 0.320. The molecule has 0 saturated carbocycles. The smallest absolute Gasteiger partial charge is 0.343 e. The molecule has 1 atom stereocenters. The van der Waals surface area contributed by atoms with Gasteiger partial charge in [-0.2, -0.15) is 5.10 Å². The number of benzene rings is 2. The van der Waals surface area contributed by atoms with Gasteiger partial charge in [-0.05, 0) is 50.0 Å². The number of halogens is 1. The fourth-order valence-electron chi connectivity index (χ4n) is 4.38. The van der Waals surface area contributed by atoms with Crippen LogP contribution in [0.15, 0.2) is 74.0 Å². The van der Waals surface area contributed by atoms with Gasteiger partial charge in [0.2, 0.25) is 5.96 Å². The lowest BCUT2D eigenvalue weighted by Gasteiger charge is -2.21. The highest BCUT2D eigenvalue weighted by Crippen LogP contribution is 2.36. The molecule has 1 fully saturated rings. The van der Waals surface area contributed by atoms with E-state index in [0.29, 0.717) is 23.8 Å². The molecule has 0 radical (unpaired) electrons. The SMILES string of the molecule is Cl.NC(N)=N/N=C(/CCN1CCCC1)CC(c1ccccc1)c1c(O)c2ccccc2oc1=O. The second-order valence-corrected chi connectivity index (χ2v) is 8.31. The maximum absolute atomic E-state index is 13.0. The van der Waals surface area contributed by atoms with E-state index in [1.165, 1.54) is 12.8 Å². The number of para-hydroxylation sites is 1. The van der Waals surface area contributed by atoms with Crippen LogP contribution in [0.3, 0.4) is 0 Å². The number of nitrogens with two attached hydrogens (primary N) is 2. The number of aromatic hydroxyl groups is 1. The summed E-state index contributed by atoms with van der Waals surface area (Å²) >= 11 is 0. The van der Waals surface area contributed by atoms with E-state index >= 15 is 0 Å². The quantitative estimate of drug-likeness (QED) is 0.194. The Morgan fingerprint density at radius 2 is 1.71 bits per heavy atom. The Labute approximate surface area is 204 Å². The fourth-order valence-corrected chi connectivity index (χ4v) is 4.38. The number of likely N-dealkylation sites (tertiary alicyclic amines) is 1. The molecule has 9 heteroatoms. The summed E-state index contributed by atoms with van der Waals surface area (Å²) in [5.74, 6) is -0.673. The van der Waals surface area contributed by atoms with Gasteiger partial charge in [0.25, 0.3) is 0 Å². The molecule has 1 unspecified atom stereocenters. The molecule has 0 aliphatic carbocycles. The van der Waals surface area contributed by atoms with Gasteiger partial charge in [-0.25, -0.2) is 4.79 Å². The van der Waals surface area contributed by atoms with Crippen LogP contribution in [-0.4, -0.2) is 41.3 Å². The molecular weight excluding hydrogens is 454 g/mol. The van der Waals surface area contributed by atoms with E-state index in [4.69, 9.17) is 15.9 Å². The Morgan fingerprint density at radius 1 is 1.03 bits per heavy atom. The highest BCUT2D eigenvalue weighted by molar-refractivity contribution is 5.88. The topological polar surface area (TPSA) is 130 Å². The molecule has 0 bridgehead atoms. The van der Waals surface area contributed by atoms with Crippen molar-refractivity contribution in [2.75, 3.05) is 19.6 Å². The van der Waals surface area contributed by atoms with Gasteiger partial charge in [0.1, 0.15) is 11.3 Å². The van der Waals surface area contributed by atoms with Gasteiger partial charge in [-0.15, -0.1) is 17.5 Å². The minimum atomic E-state index is -0.569. The lowest BCUT2D eigenvalue weighted by atomic mass is 9.86. The third-order valence-electron chi connectivity index (χ3n) is 6.03. The minimum absolute atomic E-state index is 0. The first-order valence-electron chi connectivity index (χ1n) is 11.2. The van der Waals surface area contributed by atoms with Crippen LogP contribution in [0.1, 0.15) is 42.7 Å². The molecule has 2 aromatic carbocycles. The number of fused-ring (bicyclic) bond motifs is 1. The van der Waals surface area contributed by atoms with Crippen molar-refractivity contribution in [3.8, 4) is 5.75 Å². The first-order chi connectivity index (χ1) is 16.0. The van der Waals surface area contributed by atoms with E-state index < -0.39 is 11.5 Å². The molecule has 5 N–H and O–H groups in total. The Kier molecular flexibility index (Phi) is 8.67. The molecule has 2 heterocycles. The lowest BCUT2D eigenvalue weighted by molar-refractivity contribution is 0.349. The van der Waals surface area contributed by atoms with Crippen LogP contribution in [0, 0.1) is 0 Å². The average molecular weight is 484 g/mol. The van der Waals surface area contributed by atoms with Crippen LogP contribution in [0.4, 0.5) is 0 Å². The Bertz CT molecular complexity index is 1220. The first kappa shape index (κ1) is 25.3. The van der Waals surface area contributed by atoms with Crippen molar-refractivity contribution in [3.05, 3.63) is 76.1 Å². The minimum Gasteiger partial charge on any atom is -0.507 e. The van der Waals surface area contributed by atoms with Crippen molar-refractivity contribution in [1.82, 2.24) is 4.90 Å². The highest BCUT2D eigenvalue weighted by atomic mass is 35.5. The van der Waals surface area contributed by atoms with Crippen LogP contribution in [-0.2, 0) is 0 Å². The average Bonchev–Trinajstić information content (AvgIpc) is 3.34. The van der Waals surface area contributed by atoms with Crippen LogP contribution in [0.25, 0.3) is 11.0 Å². The molecule has 3 aromatic rings. The summed E-state index contributed by atoms with van der Waals surface area (Å²) in [7, 11) is 0. The summed E-state index contributed by atoms with van der Waals surface area (Å²) in [6.45, 7) is 2.96. The van der Waals surface area contributed by atoms with E-state index in [1.54, 1.807) is 24.3 Å². The van der Waals surface area contributed by atoms with E-state index in [0.717, 1.165) is 30.9 Å². The summed E-state index contributed by atoms with van der Waals surface area (Å²) in [5.41, 5.74) is 12.7. The zero-order chi connectivity index (χ0) is 23.2. The van der Waals surface area contributed by atoms with Crippen LogP contribution >= 0.6 is 12.4 Å². The van der Waals surface area contributed by atoms with E-state index in [-0.39, 0.29) is 29.7 Å². The molecule has 1 aliphatic rings. The molecule has 1 aromatic heterocycles. The molecule has 8 nitrogen and oxygen atoms in total. The summed E-state index contributed by atoms with van der Waals surface area (Å²) < 4.78 is 5.57. The standard InChI is InChI=1S/C25H29N5O3.ClH/c26-25(27)29-28-18(12-15-30-13-6-7-14-30)16-20(17-8-2-1-3-9-17)22-23(31)19-10-4-5-11-21(19)33-24(22)32;/h1-5,8-11,20,31H,6-7,12-16H2,(H4,26,27,29);1H/b28-18-;. The van der Waals surface area contributed by atoms with Crippen molar-refractivity contribution in [3.63, 3.8) is 0 Å². The molecule has 1 aliphatic heterocycles. The van der Waals surface area contributed by atoms with Crippen molar-refractivity contribution in [1.29, 1.82) is 0 Å². The summed E-state index contributed by atoms with van der Waals surface area (Å²) in [6, 6.07) is 16.5. The zero-order valence-corrected chi connectivity index (χ0v) is 19.7. The largest absolute Gasteiger partial charge is 0.507 e. The summed E-state index contributed by atoms with van der Waals surface area (Å²) in [6.07, 6.45) is 3.41. The van der Waals surface area contributed by atoms with Crippen molar-refractivity contribution < 1.29 is 9.52 Å². The summed E-state index contributed by atoms with van der Waals surface area (Å²) in [4.78, 5) is 15.4. The van der Waals surface area contributed by atoms with Gasteiger partial charge in [0, 0.05) is 24.6 Å². The van der Waals surface area contributed by atoms with Gasteiger partial charge in [-0.3, -0.25) is 0 Å². The van der Waals surface area contributed by atoms with E-state index in [9.17, 15) is 9.90 Å². The van der Waals surface area contributed by atoms with Crippen LogP contribution in [0.5, 0.6) is 5.75 Å². The normalized spacial score (nSPS) is 15.1. The Morgan fingerprint density at radius 3 is 2.41 bits per heavy atom. The van der Waals surface area contributed by atoms with Gasteiger partial charge >= 0.3 is 5.63 Å². The molecule has 0 spiro atoms. The van der Waals surface area contributed by atoms with Crippen molar-refractivity contribution >= 4 is 35.0 Å². The molecule has 1 saturated heterocycles. The number of nitrogens with zero attached hydrogens (tertiary/aromatic N) is 3. The van der Waals surface area contributed by atoms with E-state index in [1.807, 2.05) is 30.3 Å². The Balaban J connectivity index is 0.00000324. The number of guanidine groups is 1. The number of hydrogen-bond donors (Lipinski definition) is 3. The summed E-state index contributed by atoms with van der Waals surface area (Å²) in [5, 5.41) is 19.8. The van der Waals surface area contributed by atoms with Gasteiger partial charge in [0.15, 0.2) is 0 Å². The van der Waals surface area contributed by atoms with Crippen molar-refractivity contribution in [2.45, 2.75) is 31.6 Å². The molecule has 180 valence electrons. The molecule has 4 rings (SSSR count). The first-order valence-corrected chi connectivity index (χ1v) is 11.2.